The van der Waals surface area contributed by atoms with Crippen LogP contribution >= 0.6 is 23.8 Å². The Labute approximate surface area is 183 Å². The summed E-state index contributed by atoms with van der Waals surface area (Å²) >= 11 is 11.5. The highest BCUT2D eigenvalue weighted by Gasteiger charge is 2.37. The molecule has 0 amide bonds. The first-order valence-corrected chi connectivity index (χ1v) is 10.2. The van der Waals surface area contributed by atoms with Gasteiger partial charge < -0.3 is 20.8 Å². The van der Waals surface area contributed by atoms with Crippen LogP contribution in [-0.2, 0) is 9.53 Å². The molecule has 0 bridgehead atoms. The molecule has 1 aliphatic rings. The molecule has 3 aromatic rings. The fraction of sp³-hybridized carbons (Fsp3) is 0.136. The third-order valence-corrected chi connectivity index (χ3v) is 5.26. The minimum atomic E-state index is -0.548. The number of nitrogen functional groups attached to an aromatic ring is 1. The third kappa shape index (κ3) is 3.69. The fourth-order valence-corrected chi connectivity index (χ4v) is 4.04. The lowest BCUT2D eigenvalue weighted by atomic mass is 9.80. The van der Waals surface area contributed by atoms with Crippen LogP contribution in [0.15, 0.2) is 60.2 Å². The highest BCUT2D eigenvalue weighted by molar-refractivity contribution is 7.71. The van der Waals surface area contributed by atoms with E-state index in [9.17, 15) is 4.79 Å². The molecule has 0 saturated carbocycles. The topological polar surface area (TPSA) is 93.0 Å². The van der Waals surface area contributed by atoms with Gasteiger partial charge in [0.25, 0.3) is 0 Å². The monoisotopic (exact) mass is 438 g/mol. The standard InChI is InChI=1S/C22H19ClN4O2S/c1-2-29-21(28)16-15(13-9-6-10-14(23)11-13)17-19(24)26-22(30)27-20(17)25-18(16)12-7-4-3-5-8-12/h3-11,15H,2H2,1H3,(H4,24,25,26,27,30). The lowest BCUT2D eigenvalue weighted by molar-refractivity contribution is -0.138. The molecule has 1 unspecified atom stereocenters. The van der Waals surface area contributed by atoms with E-state index in [1.165, 1.54) is 0 Å². The number of carbonyl (C=O) groups is 1. The molecule has 1 atom stereocenters. The number of ether oxygens (including phenoxy) is 1. The van der Waals surface area contributed by atoms with Crippen LogP contribution in [-0.4, -0.2) is 22.5 Å². The van der Waals surface area contributed by atoms with E-state index in [-0.39, 0.29) is 11.4 Å². The molecule has 1 aliphatic heterocycles. The van der Waals surface area contributed by atoms with E-state index in [4.69, 9.17) is 34.3 Å². The number of nitrogens with one attached hydrogen (secondary N) is 2. The Balaban J connectivity index is 2.06. The molecule has 30 heavy (non-hydrogen) atoms. The van der Waals surface area contributed by atoms with Crippen molar-refractivity contribution in [2.45, 2.75) is 12.8 Å². The smallest absolute Gasteiger partial charge is 0.337 e. The molecule has 1 aromatic heterocycles. The average molecular weight is 439 g/mol. The number of esters is 1. The summed E-state index contributed by atoms with van der Waals surface area (Å²) in [6.45, 7) is 2.01. The Bertz CT molecular complexity index is 1210. The molecule has 4 rings (SSSR count). The highest BCUT2D eigenvalue weighted by Crippen LogP contribution is 2.46. The second kappa shape index (κ2) is 8.30. The van der Waals surface area contributed by atoms with Gasteiger partial charge in [0.1, 0.15) is 11.6 Å². The van der Waals surface area contributed by atoms with Gasteiger partial charge in [-0.2, -0.15) is 0 Å². The Hall–Kier alpha value is -3.16. The van der Waals surface area contributed by atoms with Crippen LogP contribution < -0.4 is 11.1 Å². The van der Waals surface area contributed by atoms with Crippen molar-refractivity contribution in [3.05, 3.63) is 86.7 Å². The summed E-state index contributed by atoms with van der Waals surface area (Å²) in [5.41, 5.74) is 9.57. The quantitative estimate of drug-likeness (QED) is 0.396. The van der Waals surface area contributed by atoms with Crippen LogP contribution in [0, 0.1) is 4.77 Å². The first-order chi connectivity index (χ1) is 14.5. The molecule has 8 heteroatoms. The summed E-state index contributed by atoms with van der Waals surface area (Å²) < 4.78 is 5.68. The highest BCUT2D eigenvalue weighted by atomic mass is 35.5. The molecular weight excluding hydrogens is 420 g/mol. The third-order valence-electron chi connectivity index (χ3n) is 4.83. The Kier molecular flexibility index (Phi) is 5.57. The lowest BCUT2D eigenvalue weighted by Gasteiger charge is -2.31. The van der Waals surface area contributed by atoms with Crippen molar-refractivity contribution < 1.29 is 9.53 Å². The lowest BCUT2D eigenvalue weighted by Crippen LogP contribution is -2.27. The first kappa shape index (κ1) is 20.1. The van der Waals surface area contributed by atoms with Gasteiger partial charge in [0.05, 0.1) is 23.8 Å². The second-order valence-electron chi connectivity index (χ2n) is 6.71. The molecule has 0 saturated heterocycles. The summed E-state index contributed by atoms with van der Waals surface area (Å²) in [5, 5.41) is 3.82. The number of halogens is 1. The number of H-pyrrole nitrogens is 1. The van der Waals surface area contributed by atoms with Crippen LogP contribution in [0.3, 0.4) is 0 Å². The summed E-state index contributed by atoms with van der Waals surface area (Å²) in [5.74, 6) is -0.167. The molecule has 0 fully saturated rings. The Morgan fingerprint density at radius 2 is 2.00 bits per heavy atom. The van der Waals surface area contributed by atoms with E-state index in [1.807, 2.05) is 48.5 Å². The maximum absolute atomic E-state index is 13.2. The van der Waals surface area contributed by atoms with Crippen LogP contribution in [0.25, 0.3) is 5.70 Å². The van der Waals surface area contributed by atoms with Gasteiger partial charge in [-0.1, -0.05) is 54.1 Å². The van der Waals surface area contributed by atoms with Gasteiger partial charge in [-0.15, -0.1) is 0 Å². The minimum absolute atomic E-state index is 0.241. The number of benzene rings is 2. The second-order valence-corrected chi connectivity index (χ2v) is 7.53. The van der Waals surface area contributed by atoms with Gasteiger partial charge in [0.15, 0.2) is 4.77 Å². The van der Waals surface area contributed by atoms with Crippen LogP contribution in [0.1, 0.15) is 29.5 Å². The number of aromatic amines is 1. The molecule has 0 aliphatic carbocycles. The van der Waals surface area contributed by atoms with Gasteiger partial charge >= 0.3 is 5.97 Å². The average Bonchev–Trinajstić information content (AvgIpc) is 2.73. The molecule has 0 spiro atoms. The Morgan fingerprint density at radius 1 is 1.23 bits per heavy atom. The predicted molar refractivity (Wildman–Crippen MR) is 121 cm³/mol. The number of carbonyl (C=O) groups excluding carboxylic acids is 1. The van der Waals surface area contributed by atoms with Gasteiger partial charge in [-0.05, 0) is 42.4 Å². The first-order valence-electron chi connectivity index (χ1n) is 9.38. The Morgan fingerprint density at radius 3 is 2.70 bits per heavy atom. The zero-order valence-electron chi connectivity index (χ0n) is 16.1. The predicted octanol–water partition coefficient (Wildman–Crippen LogP) is 4.91. The van der Waals surface area contributed by atoms with E-state index < -0.39 is 11.9 Å². The van der Waals surface area contributed by atoms with E-state index in [0.29, 0.717) is 33.5 Å². The summed E-state index contributed by atoms with van der Waals surface area (Å²) in [6.07, 6.45) is 0. The van der Waals surface area contributed by atoms with Gasteiger partial charge in [-0.25, -0.2) is 9.78 Å². The number of hydrogen-bond donors (Lipinski definition) is 3. The van der Waals surface area contributed by atoms with Crippen molar-refractivity contribution in [3.8, 4) is 0 Å². The van der Waals surface area contributed by atoms with Crippen LogP contribution in [0.5, 0.6) is 0 Å². The molecule has 2 heterocycles. The van der Waals surface area contributed by atoms with Gasteiger partial charge in [0.2, 0.25) is 0 Å². The molecule has 2 aromatic carbocycles. The number of nitrogens with two attached hydrogens (primary N) is 1. The summed E-state index contributed by atoms with van der Waals surface area (Å²) in [6, 6.07) is 16.8. The van der Waals surface area contributed by atoms with Crippen LogP contribution in [0.2, 0.25) is 5.02 Å². The number of fused-ring (bicyclic) bond motifs is 1. The number of nitrogens with zero attached hydrogens (tertiary/aromatic N) is 1. The molecule has 4 N–H and O–H groups in total. The van der Waals surface area contributed by atoms with Crippen molar-refractivity contribution >= 4 is 47.1 Å². The van der Waals surface area contributed by atoms with Crippen molar-refractivity contribution in [2.75, 3.05) is 17.7 Å². The summed E-state index contributed by atoms with van der Waals surface area (Å²) in [4.78, 5) is 20.5. The zero-order chi connectivity index (χ0) is 21.3. The number of anilines is 2. The largest absolute Gasteiger partial charge is 0.463 e. The number of rotatable bonds is 4. The molecular formula is C22H19ClN4O2S. The van der Waals surface area contributed by atoms with E-state index in [0.717, 1.165) is 11.1 Å². The molecule has 152 valence electrons. The van der Waals surface area contributed by atoms with Crippen LogP contribution in [0.4, 0.5) is 11.6 Å². The maximum atomic E-state index is 13.2. The van der Waals surface area contributed by atoms with Crippen molar-refractivity contribution in [1.29, 1.82) is 0 Å². The molecule has 6 nitrogen and oxygen atoms in total. The fourth-order valence-electron chi connectivity index (χ4n) is 3.64. The van der Waals surface area contributed by atoms with Crippen molar-refractivity contribution in [1.82, 2.24) is 9.97 Å². The van der Waals surface area contributed by atoms with Gasteiger partial charge in [0, 0.05) is 10.6 Å². The maximum Gasteiger partial charge on any atom is 0.337 e. The normalized spacial score (nSPS) is 15.3. The number of aromatic nitrogens is 2. The van der Waals surface area contributed by atoms with Crippen molar-refractivity contribution in [2.24, 2.45) is 0 Å². The summed E-state index contributed by atoms with van der Waals surface area (Å²) in [7, 11) is 0. The zero-order valence-corrected chi connectivity index (χ0v) is 17.7. The minimum Gasteiger partial charge on any atom is -0.463 e. The number of hydrogen-bond acceptors (Lipinski definition) is 6. The van der Waals surface area contributed by atoms with E-state index in [1.54, 1.807) is 13.0 Å². The van der Waals surface area contributed by atoms with E-state index >= 15 is 0 Å². The molecule has 0 radical (unpaired) electrons. The van der Waals surface area contributed by atoms with E-state index in [2.05, 4.69) is 15.3 Å². The van der Waals surface area contributed by atoms with Gasteiger partial charge in [-0.3, -0.25) is 0 Å². The SMILES string of the molecule is CCOC(=O)C1=C(c2ccccc2)Nc2nc(=S)[nH]c(N)c2C1c1cccc(Cl)c1. The van der Waals surface area contributed by atoms with Crippen molar-refractivity contribution in [3.63, 3.8) is 0 Å².